The van der Waals surface area contributed by atoms with Crippen molar-refractivity contribution in [2.24, 2.45) is 0 Å². The van der Waals surface area contributed by atoms with Crippen LogP contribution < -0.4 is 0 Å². The largest absolute Gasteiger partial charge is 0.474 e. The molecule has 76 valence electrons. The fraction of sp³-hybridized carbons (Fsp3) is 0. The SMILES string of the molecule is O=C(O)c1nc(-c2ccccc2F)co1. The molecule has 0 aliphatic heterocycles. The molecule has 5 heteroatoms. The Kier molecular flexibility index (Phi) is 2.21. The molecule has 0 saturated heterocycles. The van der Waals surface area contributed by atoms with E-state index in [-0.39, 0.29) is 11.3 Å². The summed E-state index contributed by atoms with van der Waals surface area (Å²) in [6.45, 7) is 0. The molecule has 1 aromatic heterocycles. The van der Waals surface area contributed by atoms with E-state index in [2.05, 4.69) is 9.40 Å². The average molecular weight is 207 g/mol. The number of carboxylic acids is 1. The van der Waals surface area contributed by atoms with Gasteiger partial charge >= 0.3 is 11.9 Å². The first-order valence-corrected chi connectivity index (χ1v) is 4.12. The van der Waals surface area contributed by atoms with Gasteiger partial charge in [-0.2, -0.15) is 0 Å². The average Bonchev–Trinajstić information content (AvgIpc) is 2.67. The number of rotatable bonds is 2. The molecule has 0 atom stereocenters. The summed E-state index contributed by atoms with van der Waals surface area (Å²) in [5, 5.41) is 8.56. The molecule has 15 heavy (non-hydrogen) atoms. The van der Waals surface area contributed by atoms with Crippen molar-refractivity contribution in [1.29, 1.82) is 0 Å². The summed E-state index contributed by atoms with van der Waals surface area (Å²) >= 11 is 0. The van der Waals surface area contributed by atoms with Gasteiger partial charge in [-0.1, -0.05) is 12.1 Å². The smallest absolute Gasteiger partial charge is 0.392 e. The Morgan fingerprint density at radius 2 is 2.13 bits per heavy atom. The molecule has 1 N–H and O–H groups in total. The second-order valence-corrected chi connectivity index (χ2v) is 2.82. The highest BCUT2D eigenvalue weighted by Gasteiger charge is 2.14. The van der Waals surface area contributed by atoms with Crippen molar-refractivity contribution in [3.05, 3.63) is 42.2 Å². The van der Waals surface area contributed by atoms with E-state index in [0.717, 1.165) is 6.26 Å². The number of hydrogen-bond acceptors (Lipinski definition) is 3. The molecule has 2 aromatic rings. The van der Waals surface area contributed by atoms with E-state index < -0.39 is 17.7 Å². The fourth-order valence-corrected chi connectivity index (χ4v) is 1.16. The minimum atomic E-state index is -1.28. The van der Waals surface area contributed by atoms with Crippen LogP contribution in [-0.2, 0) is 0 Å². The van der Waals surface area contributed by atoms with Gasteiger partial charge in [-0.3, -0.25) is 0 Å². The van der Waals surface area contributed by atoms with Crippen molar-refractivity contribution in [2.45, 2.75) is 0 Å². The summed E-state index contributed by atoms with van der Waals surface area (Å²) in [5.74, 6) is -2.20. The predicted molar refractivity (Wildman–Crippen MR) is 48.9 cm³/mol. The first-order valence-electron chi connectivity index (χ1n) is 4.12. The molecule has 1 aromatic carbocycles. The molecule has 0 fully saturated rings. The van der Waals surface area contributed by atoms with Crippen LogP contribution in [0, 0.1) is 5.82 Å². The van der Waals surface area contributed by atoms with Crippen LogP contribution in [0.3, 0.4) is 0 Å². The summed E-state index contributed by atoms with van der Waals surface area (Å²) in [4.78, 5) is 14.1. The number of oxazole rings is 1. The van der Waals surface area contributed by atoms with Gasteiger partial charge in [0, 0.05) is 5.56 Å². The second-order valence-electron chi connectivity index (χ2n) is 2.82. The van der Waals surface area contributed by atoms with Crippen molar-refractivity contribution in [2.75, 3.05) is 0 Å². The molecular weight excluding hydrogens is 201 g/mol. The third-order valence-electron chi connectivity index (χ3n) is 1.84. The van der Waals surface area contributed by atoms with E-state index in [0.29, 0.717) is 0 Å². The first kappa shape index (κ1) is 9.39. The number of aromatic carboxylic acids is 1. The zero-order chi connectivity index (χ0) is 10.8. The molecule has 1 heterocycles. The van der Waals surface area contributed by atoms with Crippen LogP contribution in [0.25, 0.3) is 11.3 Å². The van der Waals surface area contributed by atoms with E-state index in [9.17, 15) is 9.18 Å². The number of nitrogens with zero attached hydrogens (tertiary/aromatic N) is 1. The Labute approximate surface area is 84.0 Å². The van der Waals surface area contributed by atoms with Crippen molar-refractivity contribution in [3.63, 3.8) is 0 Å². The Morgan fingerprint density at radius 3 is 2.73 bits per heavy atom. The standard InChI is InChI=1S/C10H6FNO3/c11-7-4-2-1-3-6(7)8-5-15-9(12-8)10(13)14/h1-5H,(H,13,14). The molecule has 0 aliphatic rings. The maximum Gasteiger partial charge on any atom is 0.392 e. The molecule has 0 unspecified atom stereocenters. The third-order valence-corrected chi connectivity index (χ3v) is 1.84. The Bertz CT molecular complexity index is 507. The van der Waals surface area contributed by atoms with Gasteiger partial charge in [-0.05, 0) is 12.1 Å². The maximum absolute atomic E-state index is 13.3. The molecule has 0 spiro atoms. The van der Waals surface area contributed by atoms with Crippen LogP contribution in [-0.4, -0.2) is 16.1 Å². The van der Waals surface area contributed by atoms with Gasteiger partial charge < -0.3 is 9.52 Å². The highest BCUT2D eigenvalue weighted by atomic mass is 19.1. The third kappa shape index (κ3) is 1.71. The summed E-state index contributed by atoms with van der Waals surface area (Å²) in [6, 6.07) is 5.94. The number of halogens is 1. The number of carboxylic acid groups (broad SMARTS) is 1. The van der Waals surface area contributed by atoms with Gasteiger partial charge in [-0.15, -0.1) is 0 Å². The van der Waals surface area contributed by atoms with Gasteiger partial charge in [-0.25, -0.2) is 14.2 Å². The molecule has 4 nitrogen and oxygen atoms in total. The lowest BCUT2D eigenvalue weighted by atomic mass is 10.1. The van der Waals surface area contributed by atoms with Crippen molar-refractivity contribution >= 4 is 5.97 Å². The minimum Gasteiger partial charge on any atom is -0.474 e. The normalized spacial score (nSPS) is 10.2. The van der Waals surface area contributed by atoms with Gasteiger partial charge in [0.25, 0.3) is 0 Å². The van der Waals surface area contributed by atoms with Crippen molar-refractivity contribution < 1.29 is 18.7 Å². The second kappa shape index (κ2) is 3.53. The molecule has 2 rings (SSSR count). The van der Waals surface area contributed by atoms with Gasteiger partial charge in [0.2, 0.25) is 0 Å². The van der Waals surface area contributed by atoms with E-state index >= 15 is 0 Å². The highest BCUT2D eigenvalue weighted by molar-refractivity contribution is 5.83. The quantitative estimate of drug-likeness (QED) is 0.819. The number of aromatic nitrogens is 1. The molecule has 0 aliphatic carbocycles. The summed E-state index contributed by atoms with van der Waals surface area (Å²) in [6.07, 6.45) is 1.11. The zero-order valence-electron chi connectivity index (χ0n) is 7.48. The summed E-state index contributed by atoms with van der Waals surface area (Å²) < 4.78 is 17.9. The van der Waals surface area contributed by atoms with Gasteiger partial charge in [0.15, 0.2) is 0 Å². The lowest BCUT2D eigenvalue weighted by molar-refractivity contribution is 0.0653. The van der Waals surface area contributed by atoms with E-state index in [1.54, 1.807) is 6.07 Å². The number of benzene rings is 1. The monoisotopic (exact) mass is 207 g/mol. The summed E-state index contributed by atoms with van der Waals surface area (Å²) in [5.41, 5.74) is 0.388. The fourth-order valence-electron chi connectivity index (χ4n) is 1.16. The number of carbonyl (C=O) groups is 1. The van der Waals surface area contributed by atoms with E-state index in [1.807, 2.05) is 0 Å². The lowest BCUT2D eigenvalue weighted by Crippen LogP contribution is -1.95. The Balaban J connectivity index is 2.46. The minimum absolute atomic E-state index is 0.172. The zero-order valence-corrected chi connectivity index (χ0v) is 7.48. The number of hydrogen-bond donors (Lipinski definition) is 1. The van der Waals surface area contributed by atoms with Gasteiger partial charge in [0.1, 0.15) is 17.8 Å². The van der Waals surface area contributed by atoms with Crippen LogP contribution in [0.1, 0.15) is 10.7 Å². The lowest BCUT2D eigenvalue weighted by Gasteiger charge is -1.95. The van der Waals surface area contributed by atoms with Gasteiger partial charge in [0.05, 0.1) is 0 Å². The van der Waals surface area contributed by atoms with Crippen molar-refractivity contribution in [3.8, 4) is 11.3 Å². The molecule has 0 amide bonds. The highest BCUT2D eigenvalue weighted by Crippen LogP contribution is 2.21. The van der Waals surface area contributed by atoms with Crippen LogP contribution in [0.4, 0.5) is 4.39 Å². The van der Waals surface area contributed by atoms with Crippen LogP contribution in [0.2, 0.25) is 0 Å². The molecule has 0 radical (unpaired) electrons. The molecule has 0 bridgehead atoms. The molecule has 0 saturated carbocycles. The summed E-state index contributed by atoms with van der Waals surface area (Å²) in [7, 11) is 0. The Hall–Kier alpha value is -2.17. The van der Waals surface area contributed by atoms with E-state index in [4.69, 9.17) is 5.11 Å². The van der Waals surface area contributed by atoms with Crippen LogP contribution in [0.5, 0.6) is 0 Å². The Morgan fingerprint density at radius 1 is 1.40 bits per heavy atom. The molecular formula is C10H6FNO3. The predicted octanol–water partition coefficient (Wildman–Crippen LogP) is 2.18. The van der Waals surface area contributed by atoms with E-state index in [1.165, 1.54) is 18.2 Å². The van der Waals surface area contributed by atoms with Crippen LogP contribution >= 0.6 is 0 Å². The van der Waals surface area contributed by atoms with Crippen molar-refractivity contribution in [1.82, 2.24) is 4.98 Å². The van der Waals surface area contributed by atoms with Crippen LogP contribution in [0.15, 0.2) is 34.9 Å². The first-order chi connectivity index (χ1) is 7.18. The topological polar surface area (TPSA) is 63.3 Å². The maximum atomic E-state index is 13.3.